The zero-order chi connectivity index (χ0) is 17.9. The Morgan fingerprint density at radius 2 is 2.08 bits per heavy atom. The van der Waals surface area contributed by atoms with Crippen molar-refractivity contribution >= 4 is 7.60 Å². The van der Waals surface area contributed by atoms with Gasteiger partial charge in [0.2, 0.25) is 0 Å². The average molecular weight is 364 g/mol. The van der Waals surface area contributed by atoms with E-state index in [9.17, 15) is 14.2 Å². The SMILES string of the molecule is CCOC1C(CCP(=O)(O)O)OC(n2ccc(=O)[nH]c2=O)C1OC. The number of H-pyrrole nitrogens is 1. The highest BCUT2D eigenvalue weighted by atomic mass is 31.2. The van der Waals surface area contributed by atoms with Crippen molar-refractivity contribution in [3.8, 4) is 0 Å². The normalized spacial score (nSPS) is 27.5. The van der Waals surface area contributed by atoms with Crippen LogP contribution < -0.4 is 11.2 Å². The van der Waals surface area contributed by atoms with Crippen molar-refractivity contribution in [2.75, 3.05) is 19.9 Å². The van der Waals surface area contributed by atoms with Gasteiger partial charge in [-0.3, -0.25) is 18.9 Å². The molecule has 1 fully saturated rings. The first-order chi connectivity index (χ1) is 11.3. The van der Waals surface area contributed by atoms with Crippen LogP contribution in [0.5, 0.6) is 0 Å². The third-order valence-corrected chi connectivity index (χ3v) is 4.59. The maximum absolute atomic E-state index is 12.0. The molecule has 1 aliphatic rings. The van der Waals surface area contributed by atoms with Gasteiger partial charge >= 0.3 is 13.3 Å². The second kappa shape index (κ2) is 7.73. The first-order valence-corrected chi connectivity index (χ1v) is 9.22. The molecular formula is C13H21N2O8P. The molecule has 136 valence electrons. The number of aromatic nitrogens is 2. The van der Waals surface area contributed by atoms with Crippen LogP contribution in [0.15, 0.2) is 21.9 Å². The van der Waals surface area contributed by atoms with E-state index in [1.54, 1.807) is 6.92 Å². The molecule has 1 saturated heterocycles. The van der Waals surface area contributed by atoms with Crippen LogP contribution in [0.2, 0.25) is 0 Å². The standard InChI is InChI=1S/C13H21N2O8P/c1-3-22-10-8(5-7-24(18,19)20)23-12(11(10)21-2)15-6-4-9(16)14-13(15)17/h4,6,8,10-12H,3,5,7H2,1-2H3,(H,14,16,17)(H2,18,19,20). The minimum Gasteiger partial charge on any atom is -0.374 e. The second-order valence-corrected chi connectivity index (χ2v) is 7.16. The summed E-state index contributed by atoms with van der Waals surface area (Å²) in [5, 5.41) is 0. The lowest BCUT2D eigenvalue weighted by molar-refractivity contribution is -0.0596. The number of nitrogens with one attached hydrogen (secondary N) is 1. The van der Waals surface area contributed by atoms with E-state index in [2.05, 4.69) is 4.98 Å². The highest BCUT2D eigenvalue weighted by Crippen LogP contribution is 2.40. The van der Waals surface area contributed by atoms with Crippen molar-refractivity contribution in [2.45, 2.75) is 37.9 Å². The lowest BCUT2D eigenvalue weighted by atomic mass is 10.1. The molecule has 0 aromatic carbocycles. The van der Waals surface area contributed by atoms with E-state index >= 15 is 0 Å². The zero-order valence-corrected chi connectivity index (χ0v) is 14.2. The van der Waals surface area contributed by atoms with Crippen molar-refractivity contribution in [2.24, 2.45) is 0 Å². The smallest absolute Gasteiger partial charge is 0.330 e. The molecular weight excluding hydrogens is 343 g/mol. The van der Waals surface area contributed by atoms with Crippen LogP contribution in [0.1, 0.15) is 19.6 Å². The molecule has 0 amide bonds. The van der Waals surface area contributed by atoms with Crippen LogP contribution in [0.4, 0.5) is 0 Å². The molecule has 24 heavy (non-hydrogen) atoms. The lowest BCUT2D eigenvalue weighted by Crippen LogP contribution is -2.39. The van der Waals surface area contributed by atoms with Gasteiger partial charge in [-0.25, -0.2) is 4.79 Å². The predicted octanol–water partition coefficient (Wildman–Crippen LogP) is -0.578. The maximum Gasteiger partial charge on any atom is 0.330 e. The molecule has 0 aliphatic carbocycles. The molecule has 11 heteroatoms. The third kappa shape index (κ3) is 4.41. The summed E-state index contributed by atoms with van der Waals surface area (Å²) in [4.78, 5) is 43.4. The molecule has 1 aromatic heterocycles. The van der Waals surface area contributed by atoms with E-state index in [0.717, 1.165) is 0 Å². The average Bonchev–Trinajstić information content (AvgIpc) is 2.82. The van der Waals surface area contributed by atoms with E-state index in [1.807, 2.05) is 0 Å². The van der Waals surface area contributed by atoms with Crippen molar-refractivity contribution < 1.29 is 28.6 Å². The Morgan fingerprint density at radius 1 is 1.38 bits per heavy atom. The first-order valence-electron chi connectivity index (χ1n) is 7.42. The fourth-order valence-electron chi connectivity index (χ4n) is 2.73. The summed E-state index contributed by atoms with van der Waals surface area (Å²) < 4.78 is 29.1. The highest BCUT2D eigenvalue weighted by molar-refractivity contribution is 7.51. The zero-order valence-electron chi connectivity index (χ0n) is 13.3. The van der Waals surface area contributed by atoms with Crippen LogP contribution in [-0.4, -0.2) is 57.5 Å². The molecule has 10 nitrogen and oxygen atoms in total. The summed E-state index contributed by atoms with van der Waals surface area (Å²) in [6.07, 6.45) is -1.85. The Labute approximate surface area is 137 Å². The predicted molar refractivity (Wildman–Crippen MR) is 83.0 cm³/mol. The molecule has 0 radical (unpaired) electrons. The molecule has 4 unspecified atom stereocenters. The third-order valence-electron chi connectivity index (χ3n) is 3.75. The topological polar surface area (TPSA) is 140 Å². The Kier molecular flexibility index (Phi) is 6.13. The Hall–Kier alpha value is -1.29. The maximum atomic E-state index is 12.0. The van der Waals surface area contributed by atoms with Gasteiger partial charge in [-0.05, 0) is 13.3 Å². The van der Waals surface area contributed by atoms with Crippen LogP contribution >= 0.6 is 7.60 Å². The summed E-state index contributed by atoms with van der Waals surface area (Å²) in [5.74, 6) is 0. The molecule has 2 rings (SSSR count). The molecule has 0 spiro atoms. The first kappa shape index (κ1) is 19.0. The fraction of sp³-hybridized carbons (Fsp3) is 0.692. The molecule has 1 aromatic rings. The Bertz CT molecular complexity index is 710. The number of ether oxygens (including phenoxy) is 3. The Morgan fingerprint density at radius 3 is 2.62 bits per heavy atom. The van der Waals surface area contributed by atoms with Crippen LogP contribution in [-0.2, 0) is 18.8 Å². The quantitative estimate of drug-likeness (QED) is 0.546. The fourth-order valence-corrected chi connectivity index (χ4v) is 3.32. The molecule has 0 saturated carbocycles. The number of hydrogen-bond acceptors (Lipinski definition) is 6. The monoisotopic (exact) mass is 364 g/mol. The van der Waals surface area contributed by atoms with Gasteiger partial charge in [0.1, 0.15) is 12.2 Å². The van der Waals surface area contributed by atoms with E-state index in [4.69, 9.17) is 24.0 Å². The minimum atomic E-state index is -4.19. The summed E-state index contributed by atoms with van der Waals surface area (Å²) in [7, 11) is -2.77. The largest absolute Gasteiger partial charge is 0.374 e. The van der Waals surface area contributed by atoms with Crippen LogP contribution in [0.3, 0.4) is 0 Å². The molecule has 1 aliphatic heterocycles. The van der Waals surface area contributed by atoms with E-state index < -0.39 is 43.4 Å². The minimum absolute atomic E-state index is 0.0450. The van der Waals surface area contributed by atoms with Gasteiger partial charge in [-0.1, -0.05) is 0 Å². The summed E-state index contributed by atoms with van der Waals surface area (Å²) in [6.45, 7) is 2.11. The summed E-state index contributed by atoms with van der Waals surface area (Å²) in [6, 6.07) is 1.18. The van der Waals surface area contributed by atoms with Crippen molar-refractivity contribution in [1.29, 1.82) is 0 Å². The van der Waals surface area contributed by atoms with Gasteiger partial charge in [0.25, 0.3) is 5.56 Å². The molecule has 0 bridgehead atoms. The molecule has 2 heterocycles. The highest BCUT2D eigenvalue weighted by Gasteiger charge is 2.47. The summed E-state index contributed by atoms with van der Waals surface area (Å²) >= 11 is 0. The number of rotatable bonds is 7. The van der Waals surface area contributed by atoms with E-state index in [-0.39, 0.29) is 12.6 Å². The number of methoxy groups -OCH3 is 1. The Balaban J connectivity index is 2.29. The van der Waals surface area contributed by atoms with Crippen molar-refractivity contribution in [3.05, 3.63) is 33.1 Å². The van der Waals surface area contributed by atoms with Gasteiger partial charge in [-0.15, -0.1) is 0 Å². The van der Waals surface area contributed by atoms with Gasteiger partial charge in [-0.2, -0.15) is 0 Å². The molecule has 3 N–H and O–H groups in total. The van der Waals surface area contributed by atoms with Crippen LogP contribution in [0, 0.1) is 0 Å². The van der Waals surface area contributed by atoms with E-state index in [1.165, 1.54) is 23.9 Å². The van der Waals surface area contributed by atoms with Crippen molar-refractivity contribution in [3.63, 3.8) is 0 Å². The number of aromatic amines is 1. The van der Waals surface area contributed by atoms with Crippen molar-refractivity contribution in [1.82, 2.24) is 9.55 Å². The lowest BCUT2D eigenvalue weighted by Gasteiger charge is -2.23. The number of hydrogen-bond donors (Lipinski definition) is 3. The number of nitrogens with zero attached hydrogens (tertiary/aromatic N) is 1. The summed E-state index contributed by atoms with van der Waals surface area (Å²) in [5.41, 5.74) is -1.21. The van der Waals surface area contributed by atoms with Gasteiger partial charge in [0.05, 0.1) is 12.3 Å². The second-order valence-electron chi connectivity index (χ2n) is 5.38. The van der Waals surface area contributed by atoms with E-state index in [0.29, 0.717) is 6.61 Å². The van der Waals surface area contributed by atoms with Crippen LogP contribution in [0.25, 0.3) is 0 Å². The van der Waals surface area contributed by atoms with Gasteiger partial charge < -0.3 is 24.0 Å². The van der Waals surface area contributed by atoms with Gasteiger partial charge in [0.15, 0.2) is 6.23 Å². The van der Waals surface area contributed by atoms with Gasteiger partial charge in [0, 0.05) is 26.0 Å². The molecule has 4 atom stereocenters.